The number of nitrogens with zero attached hydrogens (tertiary/aromatic N) is 1. The molecule has 0 saturated heterocycles. The zero-order valence-electron chi connectivity index (χ0n) is 10.3. The van der Waals surface area contributed by atoms with Crippen molar-refractivity contribution in [2.45, 2.75) is 26.9 Å². The number of rotatable bonds is 3. The fourth-order valence-corrected chi connectivity index (χ4v) is 1.79. The van der Waals surface area contributed by atoms with Crippen molar-refractivity contribution in [3.8, 4) is 0 Å². The van der Waals surface area contributed by atoms with Crippen LogP contribution in [0.5, 0.6) is 0 Å². The van der Waals surface area contributed by atoms with E-state index in [1.807, 2.05) is 14.1 Å². The summed E-state index contributed by atoms with van der Waals surface area (Å²) in [4.78, 5) is 2.07. The largest absolute Gasteiger partial charge is 0.289 e. The van der Waals surface area contributed by atoms with E-state index in [1.54, 1.807) is 0 Å². The molecule has 15 heavy (non-hydrogen) atoms. The first-order valence-corrected chi connectivity index (χ1v) is 5.17. The smallest absolute Gasteiger partial charge is 0.0983 e. The van der Waals surface area contributed by atoms with E-state index in [-0.39, 0.29) is 6.17 Å². The molecule has 1 atom stereocenters. The van der Waals surface area contributed by atoms with Crippen LogP contribution < -0.4 is 11.3 Å². The van der Waals surface area contributed by atoms with Crippen LogP contribution in [-0.2, 0) is 0 Å². The second-order valence-electron chi connectivity index (χ2n) is 4.33. The number of hydrogen-bond acceptors (Lipinski definition) is 3. The van der Waals surface area contributed by atoms with Crippen molar-refractivity contribution in [2.75, 3.05) is 14.1 Å². The first-order valence-electron chi connectivity index (χ1n) is 5.17. The number of nitrogens with one attached hydrogen (secondary N) is 1. The minimum atomic E-state index is 0.0734. The lowest BCUT2D eigenvalue weighted by atomic mass is 9.99. The van der Waals surface area contributed by atoms with Crippen LogP contribution in [0.1, 0.15) is 28.4 Å². The van der Waals surface area contributed by atoms with Crippen LogP contribution in [0.15, 0.2) is 12.1 Å². The Labute approximate surface area is 92.2 Å². The Hall–Kier alpha value is -0.900. The fraction of sp³-hybridized carbons (Fsp3) is 0.500. The van der Waals surface area contributed by atoms with Gasteiger partial charge < -0.3 is 0 Å². The van der Waals surface area contributed by atoms with Crippen LogP contribution >= 0.6 is 0 Å². The molecule has 1 aromatic carbocycles. The lowest BCUT2D eigenvalue weighted by Crippen LogP contribution is -2.38. The summed E-state index contributed by atoms with van der Waals surface area (Å²) >= 11 is 0. The third-order valence-corrected chi connectivity index (χ3v) is 2.85. The lowest BCUT2D eigenvalue weighted by Gasteiger charge is -2.26. The third kappa shape index (κ3) is 2.56. The van der Waals surface area contributed by atoms with E-state index in [4.69, 9.17) is 5.84 Å². The number of nitrogens with two attached hydrogens (primary N) is 1. The molecule has 0 amide bonds. The van der Waals surface area contributed by atoms with Crippen molar-refractivity contribution in [3.63, 3.8) is 0 Å². The molecule has 1 aromatic rings. The summed E-state index contributed by atoms with van der Waals surface area (Å²) in [6.45, 7) is 6.38. The average molecular weight is 207 g/mol. The van der Waals surface area contributed by atoms with Gasteiger partial charge in [-0.1, -0.05) is 12.1 Å². The number of hydrazine groups is 1. The van der Waals surface area contributed by atoms with Gasteiger partial charge in [-0.15, -0.1) is 0 Å². The van der Waals surface area contributed by atoms with E-state index >= 15 is 0 Å². The van der Waals surface area contributed by atoms with Gasteiger partial charge in [0.05, 0.1) is 6.17 Å². The van der Waals surface area contributed by atoms with Crippen molar-refractivity contribution in [1.29, 1.82) is 0 Å². The molecule has 0 saturated carbocycles. The van der Waals surface area contributed by atoms with Gasteiger partial charge in [0.2, 0.25) is 0 Å². The highest BCUT2D eigenvalue weighted by Gasteiger charge is 2.14. The highest BCUT2D eigenvalue weighted by Crippen LogP contribution is 2.22. The topological polar surface area (TPSA) is 41.3 Å². The van der Waals surface area contributed by atoms with E-state index in [1.165, 1.54) is 22.3 Å². The maximum absolute atomic E-state index is 5.57. The van der Waals surface area contributed by atoms with Crippen LogP contribution in [0.4, 0.5) is 0 Å². The van der Waals surface area contributed by atoms with Crippen molar-refractivity contribution in [3.05, 3.63) is 34.4 Å². The van der Waals surface area contributed by atoms with Gasteiger partial charge in [-0.25, -0.2) is 5.43 Å². The first kappa shape index (κ1) is 12.2. The number of benzene rings is 1. The van der Waals surface area contributed by atoms with Gasteiger partial charge in [-0.05, 0) is 57.1 Å². The number of aryl methyl sites for hydroxylation is 3. The zero-order valence-corrected chi connectivity index (χ0v) is 10.3. The second-order valence-corrected chi connectivity index (χ2v) is 4.33. The molecule has 0 aromatic heterocycles. The molecule has 0 aliphatic carbocycles. The molecule has 0 aliphatic rings. The Kier molecular flexibility index (Phi) is 3.85. The predicted molar refractivity (Wildman–Crippen MR) is 64.4 cm³/mol. The minimum absolute atomic E-state index is 0.0734. The van der Waals surface area contributed by atoms with E-state index in [0.717, 1.165) is 0 Å². The second kappa shape index (κ2) is 4.75. The Balaban J connectivity index is 3.18. The van der Waals surface area contributed by atoms with Crippen LogP contribution in [0.2, 0.25) is 0 Å². The van der Waals surface area contributed by atoms with Crippen LogP contribution in [0.3, 0.4) is 0 Å². The summed E-state index contributed by atoms with van der Waals surface area (Å²) in [5, 5.41) is 0. The summed E-state index contributed by atoms with van der Waals surface area (Å²) in [5.74, 6) is 5.57. The molecule has 0 fully saturated rings. The summed E-state index contributed by atoms with van der Waals surface area (Å²) in [6.07, 6.45) is 0.0734. The molecule has 0 radical (unpaired) electrons. The van der Waals surface area contributed by atoms with Crippen molar-refractivity contribution < 1.29 is 0 Å². The van der Waals surface area contributed by atoms with Gasteiger partial charge in [-0.2, -0.15) is 0 Å². The molecule has 3 N–H and O–H groups in total. The highest BCUT2D eigenvalue weighted by molar-refractivity contribution is 5.37. The van der Waals surface area contributed by atoms with Gasteiger partial charge in [0.1, 0.15) is 0 Å². The standard InChI is InChI=1S/C12H21N3/c1-8-6-10(3)11(7-9(8)2)12(14-13)15(4)5/h6-7,12,14H,13H2,1-5H3. The van der Waals surface area contributed by atoms with Gasteiger partial charge in [0, 0.05) is 0 Å². The van der Waals surface area contributed by atoms with Crippen LogP contribution in [-0.4, -0.2) is 19.0 Å². The minimum Gasteiger partial charge on any atom is -0.289 e. The Morgan fingerprint density at radius 3 is 2.07 bits per heavy atom. The molecule has 0 aliphatic heterocycles. The lowest BCUT2D eigenvalue weighted by molar-refractivity contribution is 0.252. The van der Waals surface area contributed by atoms with E-state index in [2.05, 4.69) is 43.2 Å². The SMILES string of the molecule is Cc1cc(C)c(C(NN)N(C)C)cc1C. The van der Waals surface area contributed by atoms with E-state index in [0.29, 0.717) is 0 Å². The van der Waals surface area contributed by atoms with E-state index < -0.39 is 0 Å². The third-order valence-electron chi connectivity index (χ3n) is 2.85. The molecular weight excluding hydrogens is 186 g/mol. The normalized spacial score (nSPS) is 13.3. The molecule has 1 unspecified atom stereocenters. The maximum Gasteiger partial charge on any atom is 0.0983 e. The molecule has 3 nitrogen and oxygen atoms in total. The molecule has 0 bridgehead atoms. The molecule has 84 valence electrons. The summed E-state index contributed by atoms with van der Waals surface area (Å²) in [5.41, 5.74) is 7.97. The van der Waals surface area contributed by atoms with Crippen LogP contribution in [0.25, 0.3) is 0 Å². The molecular formula is C12H21N3. The first-order chi connectivity index (χ1) is 6.97. The van der Waals surface area contributed by atoms with Gasteiger partial charge >= 0.3 is 0 Å². The zero-order chi connectivity index (χ0) is 11.6. The monoisotopic (exact) mass is 207 g/mol. The number of hydrogen-bond donors (Lipinski definition) is 2. The van der Waals surface area contributed by atoms with Crippen molar-refractivity contribution >= 4 is 0 Å². The molecule has 1 rings (SSSR count). The Morgan fingerprint density at radius 1 is 1.07 bits per heavy atom. The Morgan fingerprint density at radius 2 is 1.60 bits per heavy atom. The fourth-order valence-electron chi connectivity index (χ4n) is 1.79. The maximum atomic E-state index is 5.57. The summed E-state index contributed by atoms with van der Waals surface area (Å²) < 4.78 is 0. The quantitative estimate of drug-likeness (QED) is 0.450. The van der Waals surface area contributed by atoms with Crippen molar-refractivity contribution in [2.24, 2.45) is 5.84 Å². The van der Waals surface area contributed by atoms with Crippen molar-refractivity contribution in [1.82, 2.24) is 10.3 Å². The Bertz CT molecular complexity index is 345. The summed E-state index contributed by atoms with van der Waals surface area (Å²) in [6, 6.07) is 4.41. The van der Waals surface area contributed by atoms with Gasteiger partial charge in [0.25, 0.3) is 0 Å². The average Bonchev–Trinajstić information content (AvgIpc) is 2.14. The summed E-state index contributed by atoms with van der Waals surface area (Å²) in [7, 11) is 4.03. The van der Waals surface area contributed by atoms with Gasteiger partial charge in [-0.3, -0.25) is 10.7 Å². The molecule has 0 spiro atoms. The molecule has 0 heterocycles. The van der Waals surface area contributed by atoms with Gasteiger partial charge in [0.15, 0.2) is 0 Å². The predicted octanol–water partition coefficient (Wildman–Crippen LogP) is 1.64. The van der Waals surface area contributed by atoms with E-state index in [9.17, 15) is 0 Å². The van der Waals surface area contributed by atoms with Crippen LogP contribution in [0, 0.1) is 20.8 Å². The molecule has 3 heteroatoms. The highest BCUT2D eigenvalue weighted by atomic mass is 15.4.